The monoisotopic (exact) mass is 434 g/mol. The average Bonchev–Trinajstić information content (AvgIpc) is 3.27. The molecule has 2 heterocycles. The van der Waals surface area contributed by atoms with Crippen LogP contribution in [0, 0.1) is 17.8 Å². The van der Waals surface area contributed by atoms with Gasteiger partial charge in [0, 0.05) is 12.6 Å². The molecule has 0 radical (unpaired) electrons. The second-order valence-electron chi connectivity index (χ2n) is 9.10. The second-order valence-corrected chi connectivity index (χ2v) is 9.10. The number of benzene rings is 2. The van der Waals surface area contributed by atoms with E-state index in [9.17, 15) is 14.4 Å². The maximum absolute atomic E-state index is 13.3. The van der Waals surface area contributed by atoms with Gasteiger partial charge in [0.15, 0.2) is 0 Å². The van der Waals surface area contributed by atoms with Gasteiger partial charge >= 0.3 is 5.97 Å². The van der Waals surface area contributed by atoms with Gasteiger partial charge in [-0.1, -0.05) is 68.4 Å². The third-order valence-electron chi connectivity index (χ3n) is 6.72. The Bertz CT molecular complexity index is 1020. The van der Waals surface area contributed by atoms with Crippen molar-refractivity contribution in [3.8, 4) is 11.1 Å². The van der Waals surface area contributed by atoms with Crippen LogP contribution in [0.15, 0.2) is 54.6 Å². The molecule has 0 aliphatic carbocycles. The van der Waals surface area contributed by atoms with Crippen molar-refractivity contribution >= 4 is 17.8 Å². The molecule has 168 valence electrons. The predicted molar refractivity (Wildman–Crippen MR) is 121 cm³/mol. The van der Waals surface area contributed by atoms with Crippen LogP contribution in [0.2, 0.25) is 0 Å². The summed E-state index contributed by atoms with van der Waals surface area (Å²) in [7, 11) is 1.34. The predicted octanol–water partition coefficient (Wildman–Crippen LogP) is 3.58. The lowest BCUT2D eigenvalue weighted by Crippen LogP contribution is -2.57. The number of hydrogen-bond donors (Lipinski definition) is 1. The Kier molecular flexibility index (Phi) is 5.91. The Morgan fingerprint density at radius 2 is 1.66 bits per heavy atom. The van der Waals surface area contributed by atoms with Crippen molar-refractivity contribution in [2.24, 2.45) is 17.8 Å². The highest BCUT2D eigenvalue weighted by Gasteiger charge is 2.68. The molecule has 2 aliphatic heterocycles. The maximum atomic E-state index is 13.3. The number of carbonyl (C=O) groups excluding carboxylic acids is 3. The summed E-state index contributed by atoms with van der Waals surface area (Å²) >= 11 is 0. The van der Waals surface area contributed by atoms with Crippen molar-refractivity contribution in [3.63, 3.8) is 0 Å². The van der Waals surface area contributed by atoms with E-state index in [1.165, 1.54) is 12.0 Å². The molecule has 2 aliphatic rings. The summed E-state index contributed by atoms with van der Waals surface area (Å²) in [4.78, 5) is 41.0. The lowest BCUT2D eigenvalue weighted by molar-refractivity contribution is -0.155. The number of ether oxygens (including phenoxy) is 1. The molecule has 0 bridgehead atoms. The van der Waals surface area contributed by atoms with Crippen molar-refractivity contribution < 1.29 is 19.1 Å². The quantitative estimate of drug-likeness (QED) is 0.556. The lowest BCUT2D eigenvalue weighted by atomic mass is 9.75. The molecule has 0 saturated carbocycles. The highest BCUT2D eigenvalue weighted by atomic mass is 16.5. The summed E-state index contributed by atoms with van der Waals surface area (Å²) in [6, 6.07) is 17.6. The number of amides is 2. The Labute approximate surface area is 188 Å². The third kappa shape index (κ3) is 3.43. The summed E-state index contributed by atoms with van der Waals surface area (Å²) in [5, 5.41) is 3.43. The van der Waals surface area contributed by atoms with E-state index in [4.69, 9.17) is 4.74 Å². The van der Waals surface area contributed by atoms with Crippen molar-refractivity contribution in [2.45, 2.75) is 38.8 Å². The first kappa shape index (κ1) is 22.2. The van der Waals surface area contributed by atoms with Crippen LogP contribution in [0.25, 0.3) is 11.1 Å². The van der Waals surface area contributed by atoms with Gasteiger partial charge in [-0.2, -0.15) is 0 Å². The van der Waals surface area contributed by atoms with Crippen LogP contribution in [0.1, 0.15) is 38.8 Å². The van der Waals surface area contributed by atoms with Crippen molar-refractivity contribution in [2.75, 3.05) is 13.7 Å². The van der Waals surface area contributed by atoms with E-state index < -0.39 is 29.4 Å². The molecule has 2 amide bonds. The van der Waals surface area contributed by atoms with E-state index in [0.29, 0.717) is 13.0 Å². The normalized spacial score (nSPS) is 27.2. The van der Waals surface area contributed by atoms with Gasteiger partial charge in [0.05, 0.1) is 18.9 Å². The number of nitrogens with zero attached hydrogens (tertiary/aromatic N) is 1. The zero-order valence-electron chi connectivity index (χ0n) is 19.0. The minimum atomic E-state index is -1.23. The van der Waals surface area contributed by atoms with E-state index in [-0.39, 0.29) is 17.7 Å². The number of likely N-dealkylation sites (tertiary alicyclic amines) is 1. The minimum Gasteiger partial charge on any atom is -0.468 e. The van der Waals surface area contributed by atoms with E-state index in [2.05, 4.69) is 5.32 Å². The first-order valence-electron chi connectivity index (χ1n) is 11.2. The number of imide groups is 1. The molecule has 0 unspecified atom stereocenters. The van der Waals surface area contributed by atoms with E-state index >= 15 is 0 Å². The molecule has 0 spiro atoms. The van der Waals surface area contributed by atoms with Gasteiger partial charge in [0.2, 0.25) is 11.8 Å². The fourth-order valence-electron chi connectivity index (χ4n) is 5.46. The number of esters is 1. The SMILES string of the molecule is CCN1C(=O)[C@H]2[C@@H](c3ccc(-c4ccccc4)cc3)N[C@@](CC(C)C)(C(=O)OC)[C@H]2C1=O. The summed E-state index contributed by atoms with van der Waals surface area (Å²) < 4.78 is 5.18. The van der Waals surface area contributed by atoms with Crippen LogP contribution in [-0.2, 0) is 19.1 Å². The molecular weight excluding hydrogens is 404 g/mol. The van der Waals surface area contributed by atoms with Crippen LogP contribution in [0.4, 0.5) is 0 Å². The molecular formula is C26H30N2O4. The summed E-state index contributed by atoms with van der Waals surface area (Å²) in [6.45, 7) is 6.09. The van der Waals surface area contributed by atoms with Crippen molar-refractivity contribution in [3.05, 3.63) is 60.2 Å². The molecule has 2 fully saturated rings. The van der Waals surface area contributed by atoms with Crippen LogP contribution < -0.4 is 5.32 Å². The topological polar surface area (TPSA) is 75.7 Å². The van der Waals surface area contributed by atoms with Gasteiger partial charge in [-0.25, -0.2) is 0 Å². The van der Waals surface area contributed by atoms with Crippen LogP contribution in [0.3, 0.4) is 0 Å². The molecule has 4 rings (SSSR count). The number of fused-ring (bicyclic) bond motifs is 1. The second kappa shape index (κ2) is 8.51. The third-order valence-corrected chi connectivity index (χ3v) is 6.72. The molecule has 1 N–H and O–H groups in total. The molecule has 6 heteroatoms. The number of carbonyl (C=O) groups is 3. The summed E-state index contributed by atoms with van der Waals surface area (Å²) in [5.74, 6) is -2.28. The number of nitrogens with one attached hydrogen (secondary N) is 1. The van der Waals surface area contributed by atoms with E-state index in [1.807, 2.05) is 68.4 Å². The fourth-order valence-corrected chi connectivity index (χ4v) is 5.46. The number of hydrogen-bond acceptors (Lipinski definition) is 5. The van der Waals surface area contributed by atoms with Gasteiger partial charge in [-0.3, -0.25) is 24.6 Å². The molecule has 0 aromatic heterocycles. The zero-order chi connectivity index (χ0) is 23.0. The maximum Gasteiger partial charge on any atom is 0.326 e. The standard InChI is InChI=1S/C26H30N2O4/c1-5-28-23(29)20-21(24(28)30)26(15-16(2)3,25(31)32-4)27-22(20)19-13-11-18(12-14-19)17-9-7-6-8-10-17/h6-14,16,20-22,27H,5,15H2,1-4H3/t20-,21-,22-,26-/m1/s1. The smallest absolute Gasteiger partial charge is 0.326 e. The van der Waals surface area contributed by atoms with Crippen LogP contribution in [0.5, 0.6) is 0 Å². The van der Waals surface area contributed by atoms with Crippen molar-refractivity contribution in [1.82, 2.24) is 10.2 Å². The van der Waals surface area contributed by atoms with E-state index in [1.54, 1.807) is 6.92 Å². The first-order chi connectivity index (χ1) is 15.3. The minimum absolute atomic E-state index is 0.125. The van der Waals surface area contributed by atoms with Gasteiger partial charge in [-0.15, -0.1) is 0 Å². The largest absolute Gasteiger partial charge is 0.468 e. The lowest BCUT2D eigenvalue weighted by Gasteiger charge is -2.33. The molecule has 2 aromatic rings. The Balaban J connectivity index is 1.78. The molecule has 4 atom stereocenters. The number of methoxy groups -OCH3 is 1. The van der Waals surface area contributed by atoms with Crippen molar-refractivity contribution in [1.29, 1.82) is 0 Å². The van der Waals surface area contributed by atoms with Crippen LogP contribution >= 0.6 is 0 Å². The fraction of sp³-hybridized carbons (Fsp3) is 0.423. The van der Waals surface area contributed by atoms with Gasteiger partial charge in [-0.05, 0) is 36.0 Å². The summed E-state index contributed by atoms with van der Waals surface area (Å²) in [5.41, 5.74) is 1.82. The van der Waals surface area contributed by atoms with E-state index in [0.717, 1.165) is 16.7 Å². The number of rotatable bonds is 6. The highest BCUT2D eigenvalue weighted by Crippen LogP contribution is 2.51. The van der Waals surface area contributed by atoms with Gasteiger partial charge in [0.1, 0.15) is 5.54 Å². The first-order valence-corrected chi connectivity index (χ1v) is 11.2. The van der Waals surface area contributed by atoms with Gasteiger partial charge < -0.3 is 4.74 Å². The Morgan fingerprint density at radius 3 is 2.22 bits per heavy atom. The highest BCUT2D eigenvalue weighted by molar-refractivity contribution is 6.09. The Hall–Kier alpha value is -2.99. The average molecular weight is 435 g/mol. The molecule has 6 nitrogen and oxygen atoms in total. The molecule has 2 saturated heterocycles. The summed E-state index contributed by atoms with van der Waals surface area (Å²) in [6.07, 6.45) is 0.413. The molecule has 32 heavy (non-hydrogen) atoms. The van der Waals surface area contributed by atoms with Gasteiger partial charge in [0.25, 0.3) is 0 Å². The molecule has 2 aromatic carbocycles. The van der Waals surface area contributed by atoms with Crippen LogP contribution in [-0.4, -0.2) is 41.9 Å². The Morgan fingerprint density at radius 1 is 1.03 bits per heavy atom. The zero-order valence-corrected chi connectivity index (χ0v) is 19.0.